The highest BCUT2D eigenvalue weighted by molar-refractivity contribution is 5.39. The molecular weight excluding hydrogens is 264 g/mol. The third kappa shape index (κ3) is 2.49. The van der Waals surface area contributed by atoms with E-state index >= 15 is 0 Å². The van der Waals surface area contributed by atoms with Crippen molar-refractivity contribution in [3.63, 3.8) is 0 Å². The van der Waals surface area contributed by atoms with E-state index in [0.717, 1.165) is 0 Å². The van der Waals surface area contributed by atoms with Crippen LogP contribution in [0, 0.1) is 21.7 Å². The van der Waals surface area contributed by atoms with Crippen LogP contribution >= 0.6 is 0 Å². The molecule has 1 saturated carbocycles. The standard InChI is InChI=1S/C11H11F2NO5/c1-18-11-8(15)4-10(11)19-9-3-5(12)7(14(16)17)2-6(9)13/h2-3,8,10-11,15H,4H2,1H3. The van der Waals surface area contributed by atoms with E-state index in [2.05, 4.69) is 0 Å². The Balaban J connectivity index is 2.18. The summed E-state index contributed by atoms with van der Waals surface area (Å²) in [4.78, 5) is 9.40. The van der Waals surface area contributed by atoms with Gasteiger partial charge in [0, 0.05) is 19.6 Å². The van der Waals surface area contributed by atoms with Gasteiger partial charge in [-0.05, 0) is 0 Å². The van der Waals surface area contributed by atoms with Crippen molar-refractivity contribution >= 4 is 5.69 Å². The molecule has 1 aromatic rings. The number of hydrogen-bond acceptors (Lipinski definition) is 5. The molecule has 6 nitrogen and oxygen atoms in total. The van der Waals surface area contributed by atoms with Gasteiger partial charge in [-0.1, -0.05) is 0 Å². The molecule has 1 aliphatic carbocycles. The molecule has 0 radical (unpaired) electrons. The molecule has 19 heavy (non-hydrogen) atoms. The van der Waals surface area contributed by atoms with Crippen molar-refractivity contribution in [2.24, 2.45) is 0 Å². The van der Waals surface area contributed by atoms with Gasteiger partial charge in [-0.15, -0.1) is 0 Å². The van der Waals surface area contributed by atoms with E-state index in [1.165, 1.54) is 7.11 Å². The van der Waals surface area contributed by atoms with Crippen LogP contribution in [-0.2, 0) is 4.74 Å². The largest absolute Gasteiger partial charge is 0.484 e. The van der Waals surface area contributed by atoms with E-state index in [9.17, 15) is 24.0 Å². The first-order valence-corrected chi connectivity index (χ1v) is 5.45. The fourth-order valence-electron chi connectivity index (χ4n) is 1.89. The summed E-state index contributed by atoms with van der Waals surface area (Å²) in [7, 11) is 1.36. The second-order valence-corrected chi connectivity index (χ2v) is 4.15. The molecule has 3 unspecified atom stereocenters. The van der Waals surface area contributed by atoms with Gasteiger partial charge >= 0.3 is 5.69 Å². The fraction of sp³-hybridized carbons (Fsp3) is 0.455. The number of nitro benzene ring substituents is 1. The highest BCUT2D eigenvalue weighted by Gasteiger charge is 2.42. The Morgan fingerprint density at radius 3 is 2.63 bits per heavy atom. The Hall–Kier alpha value is -1.80. The van der Waals surface area contributed by atoms with Crippen molar-refractivity contribution in [2.45, 2.75) is 24.7 Å². The summed E-state index contributed by atoms with van der Waals surface area (Å²) >= 11 is 0. The number of halogens is 2. The molecule has 0 heterocycles. The second-order valence-electron chi connectivity index (χ2n) is 4.15. The highest BCUT2D eigenvalue weighted by atomic mass is 19.1. The van der Waals surface area contributed by atoms with Gasteiger partial charge < -0.3 is 14.6 Å². The van der Waals surface area contributed by atoms with E-state index < -0.39 is 46.3 Å². The number of aliphatic hydroxyl groups is 1. The van der Waals surface area contributed by atoms with Gasteiger partial charge in [-0.2, -0.15) is 4.39 Å². The van der Waals surface area contributed by atoms with E-state index in [0.29, 0.717) is 12.1 Å². The van der Waals surface area contributed by atoms with Crippen LogP contribution in [0.25, 0.3) is 0 Å². The number of rotatable bonds is 4. The van der Waals surface area contributed by atoms with E-state index in [1.807, 2.05) is 0 Å². The number of ether oxygens (including phenoxy) is 2. The van der Waals surface area contributed by atoms with Crippen molar-refractivity contribution < 1.29 is 28.3 Å². The lowest BCUT2D eigenvalue weighted by Gasteiger charge is -2.39. The Morgan fingerprint density at radius 1 is 1.42 bits per heavy atom. The molecule has 1 fully saturated rings. The number of aliphatic hydroxyl groups excluding tert-OH is 1. The minimum absolute atomic E-state index is 0.219. The molecule has 3 atom stereocenters. The maximum absolute atomic E-state index is 13.5. The summed E-state index contributed by atoms with van der Waals surface area (Å²) in [6.45, 7) is 0. The molecule has 0 aromatic heterocycles. The molecule has 8 heteroatoms. The molecule has 0 amide bonds. The Kier molecular flexibility index (Phi) is 3.63. The van der Waals surface area contributed by atoms with Gasteiger partial charge in [0.15, 0.2) is 11.6 Å². The molecule has 0 bridgehead atoms. The first kappa shape index (κ1) is 13.6. The summed E-state index contributed by atoms with van der Waals surface area (Å²) < 4.78 is 36.9. The average molecular weight is 275 g/mol. The minimum Gasteiger partial charge on any atom is -0.484 e. The molecule has 2 rings (SSSR count). The summed E-state index contributed by atoms with van der Waals surface area (Å²) in [6.07, 6.45) is -1.75. The maximum Gasteiger partial charge on any atom is 0.307 e. The van der Waals surface area contributed by atoms with E-state index in [-0.39, 0.29) is 6.42 Å². The van der Waals surface area contributed by atoms with Crippen molar-refractivity contribution in [1.82, 2.24) is 0 Å². The van der Waals surface area contributed by atoms with Crippen LogP contribution in [0.3, 0.4) is 0 Å². The monoisotopic (exact) mass is 275 g/mol. The summed E-state index contributed by atoms with van der Waals surface area (Å²) in [5.41, 5.74) is -0.957. The Bertz CT molecular complexity index is 510. The number of hydrogen-bond donors (Lipinski definition) is 1. The smallest absolute Gasteiger partial charge is 0.307 e. The van der Waals surface area contributed by atoms with Gasteiger partial charge in [0.2, 0.25) is 5.82 Å². The van der Waals surface area contributed by atoms with E-state index in [4.69, 9.17) is 9.47 Å². The van der Waals surface area contributed by atoms with Gasteiger partial charge in [0.25, 0.3) is 0 Å². The lowest BCUT2D eigenvalue weighted by atomic mass is 9.88. The lowest BCUT2D eigenvalue weighted by molar-refractivity contribution is -0.387. The van der Waals surface area contributed by atoms with Crippen LogP contribution in [0.2, 0.25) is 0 Å². The average Bonchev–Trinajstić information content (AvgIpc) is 2.32. The van der Waals surface area contributed by atoms with Crippen LogP contribution in [-0.4, -0.2) is 35.5 Å². The molecule has 104 valence electrons. The molecule has 1 N–H and O–H groups in total. The van der Waals surface area contributed by atoms with Crippen LogP contribution in [0.1, 0.15) is 6.42 Å². The quantitative estimate of drug-likeness (QED) is 0.663. The van der Waals surface area contributed by atoms with Gasteiger partial charge in [0.1, 0.15) is 12.2 Å². The second kappa shape index (κ2) is 5.06. The number of benzene rings is 1. The first-order valence-electron chi connectivity index (χ1n) is 5.45. The molecular formula is C11H11F2NO5. The molecule has 0 aliphatic heterocycles. The minimum atomic E-state index is -1.18. The van der Waals surface area contributed by atoms with Crippen LogP contribution in [0.15, 0.2) is 12.1 Å². The topological polar surface area (TPSA) is 81.8 Å². The van der Waals surface area contributed by atoms with Crippen molar-refractivity contribution in [2.75, 3.05) is 7.11 Å². The van der Waals surface area contributed by atoms with Crippen molar-refractivity contribution in [3.8, 4) is 5.75 Å². The number of methoxy groups -OCH3 is 1. The van der Waals surface area contributed by atoms with Crippen molar-refractivity contribution in [3.05, 3.63) is 33.9 Å². The Morgan fingerprint density at radius 2 is 2.11 bits per heavy atom. The van der Waals surface area contributed by atoms with Crippen molar-refractivity contribution in [1.29, 1.82) is 0 Å². The fourth-order valence-corrected chi connectivity index (χ4v) is 1.89. The van der Waals surface area contributed by atoms with Gasteiger partial charge in [-0.3, -0.25) is 10.1 Å². The maximum atomic E-state index is 13.5. The summed E-state index contributed by atoms with van der Waals surface area (Å²) in [5.74, 6) is -2.67. The Labute approximate surface area is 106 Å². The highest BCUT2D eigenvalue weighted by Crippen LogP contribution is 2.32. The molecule has 0 saturated heterocycles. The van der Waals surface area contributed by atoms with Gasteiger partial charge in [0.05, 0.1) is 17.1 Å². The molecule has 0 spiro atoms. The first-order chi connectivity index (χ1) is 8.93. The van der Waals surface area contributed by atoms with Gasteiger partial charge in [-0.25, -0.2) is 4.39 Å². The predicted molar refractivity (Wildman–Crippen MR) is 58.8 cm³/mol. The molecule has 1 aliphatic rings. The third-order valence-corrected chi connectivity index (χ3v) is 2.97. The lowest BCUT2D eigenvalue weighted by Crippen LogP contribution is -2.54. The zero-order chi connectivity index (χ0) is 14.2. The zero-order valence-electron chi connectivity index (χ0n) is 9.88. The third-order valence-electron chi connectivity index (χ3n) is 2.97. The number of nitrogens with zero attached hydrogens (tertiary/aromatic N) is 1. The van der Waals surface area contributed by atoms with E-state index in [1.54, 1.807) is 0 Å². The van der Waals surface area contributed by atoms with Crippen LogP contribution < -0.4 is 4.74 Å². The summed E-state index contributed by atoms with van der Waals surface area (Å²) in [6, 6.07) is 1.08. The zero-order valence-corrected chi connectivity index (χ0v) is 9.88. The molecule has 1 aromatic carbocycles. The van der Waals surface area contributed by atoms with Crippen LogP contribution in [0.4, 0.5) is 14.5 Å². The van der Waals surface area contributed by atoms with Crippen LogP contribution in [0.5, 0.6) is 5.75 Å². The normalized spacial score (nSPS) is 25.8. The number of nitro groups is 1. The predicted octanol–water partition coefficient (Wildman–Crippen LogP) is 1.40. The summed E-state index contributed by atoms with van der Waals surface area (Å²) in [5, 5.41) is 19.8. The SMILES string of the molecule is COC1C(O)CC1Oc1cc(F)c([N+](=O)[O-])cc1F.